The fourth-order valence-corrected chi connectivity index (χ4v) is 3.12. The third-order valence-corrected chi connectivity index (χ3v) is 4.25. The monoisotopic (exact) mass is 392 g/mol. The summed E-state index contributed by atoms with van der Waals surface area (Å²) in [6.45, 7) is 5.98. The van der Waals surface area contributed by atoms with Gasteiger partial charge in [0.25, 0.3) is 0 Å². The summed E-state index contributed by atoms with van der Waals surface area (Å²) < 4.78 is 15.8. The Bertz CT molecular complexity index is 866. The van der Waals surface area contributed by atoms with Crippen LogP contribution in [0, 0.1) is 6.92 Å². The fraction of sp³-hybridized carbons (Fsp3) is 0.158. The molecule has 0 amide bonds. The average Bonchev–Trinajstić information content (AvgIpc) is 2.68. The highest BCUT2D eigenvalue weighted by Crippen LogP contribution is 2.45. The molecule has 0 N–H and O–H groups in total. The highest BCUT2D eigenvalue weighted by Gasteiger charge is 2.18. The Morgan fingerprint density at radius 3 is 1.92 bits per heavy atom. The molecule has 3 aromatic rings. The first kappa shape index (κ1) is 19.7. The van der Waals surface area contributed by atoms with Crippen LogP contribution in [0.2, 0.25) is 0 Å². The molecule has 0 heterocycles. The Morgan fingerprint density at radius 2 is 1.32 bits per heavy atom. The van der Waals surface area contributed by atoms with Crippen LogP contribution in [0.15, 0.2) is 48.5 Å². The number of hydrogen-bond donors (Lipinski definition) is 3. The van der Waals surface area contributed by atoms with Gasteiger partial charge >= 0.3 is 0 Å². The summed E-state index contributed by atoms with van der Waals surface area (Å²) in [7, 11) is 0. The van der Waals surface area contributed by atoms with E-state index in [9.17, 15) is 0 Å². The minimum Gasteiger partial charge on any atom is -0.428 e. The van der Waals surface area contributed by atoms with E-state index in [1.165, 1.54) is 0 Å². The molecule has 0 bridgehead atoms. The number of hydrogen-bond acceptors (Lipinski definition) is 6. The van der Waals surface area contributed by atoms with Crippen molar-refractivity contribution in [3.05, 3.63) is 54.1 Å². The second-order valence-electron chi connectivity index (χ2n) is 5.07. The van der Waals surface area contributed by atoms with E-state index < -0.39 is 0 Å². The van der Waals surface area contributed by atoms with Gasteiger partial charge in [-0.15, -0.1) is 0 Å². The minimum atomic E-state index is 0.619. The van der Waals surface area contributed by atoms with Gasteiger partial charge in [0.05, 0.1) is 0 Å². The van der Waals surface area contributed by atoms with Gasteiger partial charge in [-0.1, -0.05) is 50.2 Å². The van der Waals surface area contributed by atoms with Crippen molar-refractivity contribution in [1.82, 2.24) is 0 Å². The third-order valence-electron chi connectivity index (χ3n) is 3.67. The topological polar surface area (TPSA) is 27.7 Å². The maximum Gasteiger partial charge on any atom is 0.153 e. The highest BCUT2D eigenvalue weighted by molar-refractivity contribution is 7.75. The minimum absolute atomic E-state index is 0.619. The first-order valence-electron chi connectivity index (χ1n) is 7.80. The largest absolute Gasteiger partial charge is 0.428 e. The van der Waals surface area contributed by atoms with Crippen molar-refractivity contribution in [2.45, 2.75) is 20.8 Å². The van der Waals surface area contributed by atoms with Gasteiger partial charge in [-0.05, 0) is 24.6 Å². The van der Waals surface area contributed by atoms with Crippen LogP contribution in [-0.4, -0.2) is 0 Å². The molecular formula is C19H20O3S3. The predicted molar refractivity (Wildman–Crippen MR) is 114 cm³/mol. The van der Waals surface area contributed by atoms with Crippen molar-refractivity contribution < 1.29 is 12.5 Å². The summed E-state index contributed by atoms with van der Waals surface area (Å²) in [5, 5.41) is 1.76. The van der Waals surface area contributed by atoms with Gasteiger partial charge in [0, 0.05) is 60.6 Å². The van der Waals surface area contributed by atoms with Crippen LogP contribution in [0.25, 0.3) is 21.9 Å². The van der Waals surface area contributed by atoms with Crippen molar-refractivity contribution >= 4 is 49.5 Å². The molecule has 0 saturated carbocycles. The van der Waals surface area contributed by atoms with Crippen LogP contribution >= 0.6 is 38.7 Å². The maximum absolute atomic E-state index is 5.38. The molecule has 0 radical (unpaired) electrons. The van der Waals surface area contributed by atoms with Gasteiger partial charge in [-0.25, -0.2) is 0 Å². The molecule has 3 rings (SSSR count). The van der Waals surface area contributed by atoms with E-state index in [1.54, 1.807) is 0 Å². The van der Waals surface area contributed by atoms with E-state index in [4.69, 9.17) is 12.5 Å². The molecule has 0 fully saturated rings. The van der Waals surface area contributed by atoms with Gasteiger partial charge in [0.15, 0.2) is 5.75 Å². The molecule has 0 saturated heterocycles. The summed E-state index contributed by atoms with van der Waals surface area (Å²) in [4.78, 5) is 0. The van der Waals surface area contributed by atoms with E-state index in [1.807, 2.05) is 69.3 Å². The molecule has 25 heavy (non-hydrogen) atoms. The van der Waals surface area contributed by atoms with Crippen LogP contribution in [0.4, 0.5) is 0 Å². The SMILES string of the molecule is CC.Cc1ccc(-c2cc(OS)c3ccccc3c2OS)c(OS)c1. The highest BCUT2D eigenvalue weighted by atomic mass is 32.1. The Labute approximate surface area is 165 Å². The zero-order valence-electron chi connectivity index (χ0n) is 14.2. The Hall–Kier alpha value is -1.63. The summed E-state index contributed by atoms with van der Waals surface area (Å²) in [5.74, 6) is 1.87. The van der Waals surface area contributed by atoms with Crippen LogP contribution < -0.4 is 12.5 Å². The second-order valence-corrected chi connectivity index (χ2v) is 5.62. The van der Waals surface area contributed by atoms with Gasteiger partial charge in [0.1, 0.15) is 11.5 Å². The molecule has 0 aliphatic rings. The zero-order valence-corrected chi connectivity index (χ0v) is 16.9. The van der Waals surface area contributed by atoms with E-state index in [2.05, 4.69) is 38.7 Å². The Morgan fingerprint density at radius 1 is 0.680 bits per heavy atom. The van der Waals surface area contributed by atoms with Crippen LogP contribution in [0.1, 0.15) is 19.4 Å². The number of benzene rings is 3. The zero-order chi connectivity index (χ0) is 18.4. The third kappa shape index (κ3) is 3.97. The van der Waals surface area contributed by atoms with Gasteiger partial charge < -0.3 is 12.5 Å². The first-order chi connectivity index (χ1) is 12.2. The lowest BCUT2D eigenvalue weighted by Crippen LogP contribution is -1.91. The molecule has 0 atom stereocenters. The van der Waals surface area contributed by atoms with Crippen LogP contribution in [-0.2, 0) is 0 Å². The fourth-order valence-electron chi connectivity index (χ4n) is 2.62. The van der Waals surface area contributed by atoms with Gasteiger partial charge in [-0.3, -0.25) is 0 Å². The molecule has 3 nitrogen and oxygen atoms in total. The van der Waals surface area contributed by atoms with Crippen molar-refractivity contribution in [3.8, 4) is 28.4 Å². The van der Waals surface area contributed by atoms with Crippen molar-refractivity contribution in [2.75, 3.05) is 0 Å². The van der Waals surface area contributed by atoms with Gasteiger partial charge in [-0.2, -0.15) is 0 Å². The molecule has 0 spiro atoms. The molecule has 0 aromatic heterocycles. The van der Waals surface area contributed by atoms with Crippen LogP contribution in [0.3, 0.4) is 0 Å². The van der Waals surface area contributed by atoms with Crippen molar-refractivity contribution in [1.29, 1.82) is 0 Å². The Kier molecular flexibility index (Phi) is 7.23. The van der Waals surface area contributed by atoms with E-state index >= 15 is 0 Å². The average molecular weight is 393 g/mol. The van der Waals surface area contributed by atoms with E-state index in [0.717, 1.165) is 27.5 Å². The molecular weight excluding hydrogens is 372 g/mol. The van der Waals surface area contributed by atoms with E-state index in [-0.39, 0.29) is 0 Å². The van der Waals surface area contributed by atoms with E-state index in [0.29, 0.717) is 17.2 Å². The summed E-state index contributed by atoms with van der Waals surface area (Å²) in [6.07, 6.45) is 0. The summed E-state index contributed by atoms with van der Waals surface area (Å²) in [6, 6.07) is 15.4. The normalized spacial score (nSPS) is 10.0. The standard InChI is InChI=1S/C17H14O3S3.C2H6/c1-10-6-7-12(15(8-10)18-21)14-9-16(19-22)11-4-2-3-5-13(11)17(14)20-23;1-2/h2-9,21-23H,1H3;1-2H3. The summed E-state index contributed by atoms with van der Waals surface area (Å²) in [5.41, 5.74) is 2.68. The number of thiol groups is 3. The molecule has 0 unspecified atom stereocenters. The smallest absolute Gasteiger partial charge is 0.153 e. The first-order valence-corrected chi connectivity index (χ1v) is 8.90. The second kappa shape index (κ2) is 9.17. The quantitative estimate of drug-likeness (QED) is 0.349. The molecule has 0 aliphatic carbocycles. The van der Waals surface area contributed by atoms with Gasteiger partial charge in [0.2, 0.25) is 0 Å². The molecule has 132 valence electrons. The Balaban J connectivity index is 0.00000109. The molecule has 6 heteroatoms. The van der Waals surface area contributed by atoms with Crippen LogP contribution in [0.5, 0.6) is 17.2 Å². The molecule has 0 aliphatic heterocycles. The lowest BCUT2D eigenvalue weighted by molar-refractivity contribution is 0.647. The molecule has 3 aromatic carbocycles. The number of fused-ring (bicyclic) bond motifs is 1. The maximum atomic E-state index is 5.38. The van der Waals surface area contributed by atoms with Crippen molar-refractivity contribution in [3.63, 3.8) is 0 Å². The lowest BCUT2D eigenvalue weighted by atomic mass is 9.97. The number of aryl methyl sites for hydroxylation is 1. The lowest BCUT2D eigenvalue weighted by Gasteiger charge is -2.16. The summed E-state index contributed by atoms with van der Waals surface area (Å²) >= 11 is 12.0. The van der Waals surface area contributed by atoms with Crippen molar-refractivity contribution in [2.24, 2.45) is 0 Å². The predicted octanol–water partition coefficient (Wildman–Crippen LogP) is 6.51. The number of rotatable bonds is 4.